The van der Waals surface area contributed by atoms with E-state index in [4.69, 9.17) is 0 Å². The maximum absolute atomic E-state index is 12.4. The van der Waals surface area contributed by atoms with E-state index in [1.54, 1.807) is 6.07 Å². The van der Waals surface area contributed by atoms with Crippen molar-refractivity contribution in [3.05, 3.63) is 41.5 Å². The van der Waals surface area contributed by atoms with Gasteiger partial charge in [-0.15, -0.1) is 0 Å². The first-order valence-corrected chi connectivity index (χ1v) is 20.4. The Balaban J connectivity index is 1.71. The fourth-order valence-electron chi connectivity index (χ4n) is 6.74. The zero-order valence-electron chi connectivity index (χ0n) is 28.9. The molecule has 0 unspecified atom stereocenters. The molecule has 0 aliphatic carbocycles. The zero-order valence-corrected chi connectivity index (χ0v) is 29.7. The second kappa shape index (κ2) is 24.8. The number of fused-ring (bicyclic) bond motifs is 1. The van der Waals surface area contributed by atoms with Gasteiger partial charge in [-0.1, -0.05) is 186 Å². The smallest absolute Gasteiger partial charge is 0.282 e. The van der Waals surface area contributed by atoms with Crippen LogP contribution >= 0.6 is 0 Å². The van der Waals surface area contributed by atoms with Crippen LogP contribution in [-0.4, -0.2) is 13.0 Å². The quantitative estimate of drug-likeness (QED) is 0.0720. The van der Waals surface area contributed by atoms with E-state index in [1.165, 1.54) is 153 Å². The predicted octanol–water partition coefficient (Wildman–Crippen LogP) is 13.4. The van der Waals surface area contributed by atoms with Crippen LogP contribution in [-0.2, 0) is 23.0 Å². The van der Waals surface area contributed by atoms with Crippen molar-refractivity contribution in [3.63, 3.8) is 0 Å². The number of benzene rings is 2. The minimum absolute atomic E-state index is 0.113. The molecular formula is C40H68O3S. The third-order valence-corrected chi connectivity index (χ3v) is 10.5. The summed E-state index contributed by atoms with van der Waals surface area (Å²) in [5.74, 6) is 0. The van der Waals surface area contributed by atoms with Crippen molar-refractivity contribution in [1.29, 1.82) is 0 Å². The lowest BCUT2D eigenvalue weighted by molar-refractivity contribution is 0.481. The van der Waals surface area contributed by atoms with Gasteiger partial charge in [0.15, 0.2) is 0 Å². The van der Waals surface area contributed by atoms with E-state index in [2.05, 4.69) is 32.0 Å². The third kappa shape index (κ3) is 17.3. The van der Waals surface area contributed by atoms with Gasteiger partial charge in [-0.2, -0.15) is 8.42 Å². The highest BCUT2D eigenvalue weighted by Gasteiger charge is 2.17. The van der Waals surface area contributed by atoms with E-state index in [-0.39, 0.29) is 4.90 Å². The maximum Gasteiger partial charge on any atom is 0.294 e. The topological polar surface area (TPSA) is 54.4 Å². The van der Waals surface area contributed by atoms with E-state index in [1.807, 2.05) is 6.07 Å². The van der Waals surface area contributed by atoms with Crippen LogP contribution in [0.4, 0.5) is 0 Å². The molecule has 0 bridgehead atoms. The molecule has 0 amide bonds. The Morgan fingerprint density at radius 1 is 0.477 bits per heavy atom. The first kappa shape index (κ1) is 38.8. The zero-order chi connectivity index (χ0) is 31.7. The molecular weight excluding hydrogens is 561 g/mol. The molecule has 2 rings (SSSR count). The number of hydrogen-bond acceptors (Lipinski definition) is 2. The summed E-state index contributed by atoms with van der Waals surface area (Å²) in [6.07, 6.45) is 35.9. The highest BCUT2D eigenvalue weighted by molar-refractivity contribution is 7.85. The molecule has 252 valence electrons. The lowest BCUT2D eigenvalue weighted by Crippen LogP contribution is -2.04. The predicted molar refractivity (Wildman–Crippen MR) is 193 cm³/mol. The minimum Gasteiger partial charge on any atom is -0.282 e. The van der Waals surface area contributed by atoms with E-state index < -0.39 is 10.1 Å². The molecule has 0 heterocycles. The third-order valence-electron chi connectivity index (χ3n) is 9.53. The fraction of sp³-hybridized carbons (Fsp3) is 0.750. The van der Waals surface area contributed by atoms with Crippen LogP contribution in [0.1, 0.15) is 192 Å². The average molecular weight is 629 g/mol. The van der Waals surface area contributed by atoms with Gasteiger partial charge >= 0.3 is 0 Å². The molecule has 2 aromatic carbocycles. The van der Waals surface area contributed by atoms with Gasteiger partial charge in [0.1, 0.15) is 0 Å². The molecule has 0 spiro atoms. The summed E-state index contributed by atoms with van der Waals surface area (Å²) < 4.78 is 34.9. The monoisotopic (exact) mass is 628 g/mol. The highest BCUT2D eigenvalue weighted by atomic mass is 32.2. The average Bonchev–Trinajstić information content (AvgIpc) is 3.01. The second-order valence-corrected chi connectivity index (χ2v) is 14.9. The molecule has 0 aliphatic heterocycles. The Morgan fingerprint density at radius 3 is 1.23 bits per heavy atom. The summed E-state index contributed by atoms with van der Waals surface area (Å²) in [6, 6.07) is 10.1. The van der Waals surface area contributed by atoms with E-state index in [0.29, 0.717) is 6.42 Å². The molecule has 0 saturated carbocycles. The van der Waals surface area contributed by atoms with E-state index in [9.17, 15) is 13.0 Å². The Labute approximate surface area is 273 Å². The van der Waals surface area contributed by atoms with Gasteiger partial charge < -0.3 is 0 Å². The molecule has 0 radical (unpaired) electrons. The van der Waals surface area contributed by atoms with Crippen LogP contribution in [0.5, 0.6) is 0 Å². The summed E-state index contributed by atoms with van der Waals surface area (Å²) >= 11 is 0. The van der Waals surface area contributed by atoms with Gasteiger partial charge in [0, 0.05) is 0 Å². The Kier molecular flexibility index (Phi) is 21.9. The van der Waals surface area contributed by atoms with Crippen molar-refractivity contribution >= 4 is 20.9 Å². The van der Waals surface area contributed by atoms with Crippen molar-refractivity contribution in [2.45, 2.75) is 199 Å². The minimum atomic E-state index is -4.26. The van der Waals surface area contributed by atoms with Gasteiger partial charge in [0.25, 0.3) is 10.1 Å². The van der Waals surface area contributed by atoms with Gasteiger partial charge in [0.2, 0.25) is 0 Å². The second-order valence-electron chi connectivity index (χ2n) is 13.6. The molecule has 1 N–H and O–H groups in total. The summed E-state index contributed by atoms with van der Waals surface area (Å²) in [5.41, 5.74) is 1.96. The van der Waals surface area contributed by atoms with Crippen LogP contribution < -0.4 is 0 Å². The Bertz CT molecular complexity index is 1090. The van der Waals surface area contributed by atoms with Crippen LogP contribution in [0, 0.1) is 0 Å². The first-order chi connectivity index (χ1) is 21.5. The number of unbranched alkanes of at least 4 members (excludes halogenated alkanes) is 24. The summed E-state index contributed by atoms with van der Waals surface area (Å²) in [4.78, 5) is 0.113. The van der Waals surface area contributed by atoms with Crippen molar-refractivity contribution in [2.75, 3.05) is 0 Å². The van der Waals surface area contributed by atoms with Gasteiger partial charge in [-0.3, -0.25) is 4.55 Å². The van der Waals surface area contributed by atoms with Gasteiger partial charge in [-0.25, -0.2) is 0 Å². The van der Waals surface area contributed by atoms with Crippen LogP contribution in [0.3, 0.4) is 0 Å². The van der Waals surface area contributed by atoms with Crippen LogP contribution in [0.2, 0.25) is 0 Å². The molecule has 3 nitrogen and oxygen atoms in total. The van der Waals surface area contributed by atoms with Gasteiger partial charge in [-0.05, 0) is 59.7 Å². The number of hydrogen-bond donors (Lipinski definition) is 1. The lowest BCUT2D eigenvalue weighted by Gasteiger charge is -2.13. The molecule has 0 atom stereocenters. The molecule has 2 aromatic rings. The maximum atomic E-state index is 12.4. The van der Waals surface area contributed by atoms with Crippen molar-refractivity contribution in [3.8, 4) is 0 Å². The van der Waals surface area contributed by atoms with Crippen molar-refractivity contribution in [2.24, 2.45) is 0 Å². The van der Waals surface area contributed by atoms with Crippen LogP contribution in [0.15, 0.2) is 35.2 Å². The largest absolute Gasteiger partial charge is 0.294 e. The molecule has 0 aliphatic rings. The molecule has 4 heteroatoms. The standard InChI is InChI=1S/C40H68O3S/c1-3-5-7-9-11-13-15-17-19-21-23-25-27-30-36-32-29-33-37-34-38(40(35-39(36)37)44(41,42)43)31-28-26-24-22-20-18-16-14-12-10-8-6-4-2/h29,32-35H,3-28,30-31H2,1-2H3,(H,41,42,43). The highest BCUT2D eigenvalue weighted by Crippen LogP contribution is 2.29. The fourth-order valence-corrected chi connectivity index (χ4v) is 7.50. The Morgan fingerprint density at radius 2 is 0.841 bits per heavy atom. The normalized spacial score (nSPS) is 12.0. The van der Waals surface area contributed by atoms with E-state index >= 15 is 0 Å². The first-order valence-electron chi connectivity index (χ1n) is 19.0. The van der Waals surface area contributed by atoms with E-state index in [0.717, 1.165) is 42.0 Å². The van der Waals surface area contributed by atoms with Crippen molar-refractivity contribution < 1.29 is 13.0 Å². The molecule has 0 saturated heterocycles. The molecule has 0 aromatic heterocycles. The Hall–Kier alpha value is -1.39. The lowest BCUT2D eigenvalue weighted by atomic mass is 9.96. The summed E-state index contributed by atoms with van der Waals surface area (Å²) in [5, 5.41) is 2.07. The summed E-state index contributed by atoms with van der Waals surface area (Å²) in [7, 11) is -4.26. The van der Waals surface area contributed by atoms with Crippen LogP contribution in [0.25, 0.3) is 10.8 Å². The number of rotatable bonds is 29. The molecule has 0 fully saturated rings. The SMILES string of the molecule is CCCCCCCCCCCCCCCc1cc2cccc(CCCCCCCCCCCCCCC)c2cc1S(=O)(=O)O. The summed E-state index contributed by atoms with van der Waals surface area (Å²) in [6.45, 7) is 4.55. The number of aryl methyl sites for hydroxylation is 2. The van der Waals surface area contributed by atoms with Gasteiger partial charge in [0.05, 0.1) is 4.90 Å². The molecule has 44 heavy (non-hydrogen) atoms. The van der Waals surface area contributed by atoms with Crippen molar-refractivity contribution in [1.82, 2.24) is 0 Å².